The molecule has 0 bridgehead atoms. The zero-order valence-electron chi connectivity index (χ0n) is 10.8. The molecule has 2 amide bonds. The van der Waals surface area contributed by atoms with Gasteiger partial charge in [0.15, 0.2) is 0 Å². The second kappa shape index (κ2) is 6.40. The fourth-order valence-electron chi connectivity index (χ4n) is 2.56. The second-order valence-electron chi connectivity index (χ2n) is 4.61. The SMILES string of the molecule is CONC(=O)N(c1ccccc1)C1CCCCC1. The van der Waals surface area contributed by atoms with Gasteiger partial charge in [-0.25, -0.2) is 10.3 Å². The normalized spacial score (nSPS) is 16.3. The number of nitrogens with one attached hydrogen (secondary N) is 1. The van der Waals surface area contributed by atoms with E-state index in [-0.39, 0.29) is 12.1 Å². The Morgan fingerprint density at radius 1 is 1.22 bits per heavy atom. The highest BCUT2D eigenvalue weighted by Gasteiger charge is 2.26. The Labute approximate surface area is 108 Å². The van der Waals surface area contributed by atoms with Crippen LogP contribution in [0.2, 0.25) is 0 Å². The van der Waals surface area contributed by atoms with Gasteiger partial charge in [0, 0.05) is 11.7 Å². The Balaban J connectivity index is 2.19. The van der Waals surface area contributed by atoms with Gasteiger partial charge in [-0.15, -0.1) is 0 Å². The third-order valence-electron chi connectivity index (χ3n) is 3.38. The van der Waals surface area contributed by atoms with E-state index in [0.29, 0.717) is 0 Å². The summed E-state index contributed by atoms with van der Waals surface area (Å²) in [4.78, 5) is 18.7. The number of hydrogen-bond acceptors (Lipinski definition) is 2. The molecule has 1 aliphatic carbocycles. The molecule has 0 unspecified atom stereocenters. The van der Waals surface area contributed by atoms with Crippen molar-refractivity contribution in [2.75, 3.05) is 12.0 Å². The highest BCUT2D eigenvalue weighted by molar-refractivity contribution is 5.91. The predicted octanol–water partition coefficient (Wildman–Crippen LogP) is 3.10. The average Bonchev–Trinajstić information content (AvgIpc) is 2.42. The molecule has 2 rings (SSSR count). The van der Waals surface area contributed by atoms with Crippen molar-refractivity contribution in [3.63, 3.8) is 0 Å². The van der Waals surface area contributed by atoms with Crippen LogP contribution < -0.4 is 10.4 Å². The third kappa shape index (κ3) is 3.01. The number of hydroxylamine groups is 1. The molecule has 0 atom stereocenters. The molecule has 0 aliphatic heterocycles. The molecule has 4 nitrogen and oxygen atoms in total. The van der Waals surface area contributed by atoms with Crippen LogP contribution in [0.15, 0.2) is 30.3 Å². The number of nitrogens with zero attached hydrogens (tertiary/aromatic N) is 1. The van der Waals surface area contributed by atoms with Crippen LogP contribution in [-0.4, -0.2) is 19.2 Å². The first-order valence-electron chi connectivity index (χ1n) is 6.50. The fraction of sp³-hybridized carbons (Fsp3) is 0.500. The summed E-state index contributed by atoms with van der Waals surface area (Å²) in [7, 11) is 1.46. The maximum absolute atomic E-state index is 12.1. The summed E-state index contributed by atoms with van der Waals surface area (Å²) >= 11 is 0. The number of benzene rings is 1. The molecule has 0 spiro atoms. The van der Waals surface area contributed by atoms with E-state index >= 15 is 0 Å². The monoisotopic (exact) mass is 248 g/mol. The van der Waals surface area contributed by atoms with Gasteiger partial charge in [0.2, 0.25) is 0 Å². The van der Waals surface area contributed by atoms with Crippen molar-refractivity contribution >= 4 is 11.7 Å². The van der Waals surface area contributed by atoms with Gasteiger partial charge in [-0.3, -0.25) is 9.74 Å². The van der Waals surface area contributed by atoms with Crippen molar-refractivity contribution in [2.45, 2.75) is 38.1 Å². The minimum absolute atomic E-state index is 0.185. The number of para-hydroxylation sites is 1. The van der Waals surface area contributed by atoms with Crippen LogP contribution in [0.1, 0.15) is 32.1 Å². The Hall–Kier alpha value is -1.55. The number of amides is 2. The van der Waals surface area contributed by atoms with Crippen molar-refractivity contribution in [1.82, 2.24) is 5.48 Å². The number of anilines is 1. The molecule has 18 heavy (non-hydrogen) atoms. The number of carbonyl (C=O) groups excluding carboxylic acids is 1. The topological polar surface area (TPSA) is 41.6 Å². The van der Waals surface area contributed by atoms with Crippen LogP contribution in [0.5, 0.6) is 0 Å². The van der Waals surface area contributed by atoms with Gasteiger partial charge in [0.1, 0.15) is 0 Å². The Kier molecular flexibility index (Phi) is 4.59. The van der Waals surface area contributed by atoms with E-state index in [2.05, 4.69) is 5.48 Å². The third-order valence-corrected chi connectivity index (χ3v) is 3.38. The van der Waals surface area contributed by atoms with E-state index in [1.165, 1.54) is 26.4 Å². The van der Waals surface area contributed by atoms with Crippen molar-refractivity contribution < 1.29 is 9.63 Å². The largest absolute Gasteiger partial charge is 0.346 e. The first kappa shape index (κ1) is 12.9. The molecule has 0 radical (unpaired) electrons. The van der Waals surface area contributed by atoms with Gasteiger partial charge < -0.3 is 0 Å². The lowest BCUT2D eigenvalue weighted by molar-refractivity contribution is 0.109. The van der Waals surface area contributed by atoms with Gasteiger partial charge in [0.05, 0.1) is 7.11 Å². The van der Waals surface area contributed by atoms with Crippen LogP contribution in [-0.2, 0) is 4.84 Å². The molecule has 1 aliphatic rings. The molecule has 1 aromatic carbocycles. The first-order chi connectivity index (χ1) is 8.83. The average molecular weight is 248 g/mol. The highest BCUT2D eigenvalue weighted by atomic mass is 16.6. The van der Waals surface area contributed by atoms with Crippen LogP contribution in [0.25, 0.3) is 0 Å². The zero-order chi connectivity index (χ0) is 12.8. The quantitative estimate of drug-likeness (QED) is 0.835. The molecule has 1 fully saturated rings. The molecule has 0 heterocycles. The minimum Gasteiger partial charge on any atom is -0.290 e. The van der Waals surface area contributed by atoms with Gasteiger partial charge >= 0.3 is 6.03 Å². The van der Waals surface area contributed by atoms with E-state index in [0.717, 1.165) is 18.5 Å². The van der Waals surface area contributed by atoms with Crippen LogP contribution in [0.3, 0.4) is 0 Å². The predicted molar refractivity (Wildman–Crippen MR) is 71.3 cm³/mol. The standard InChI is InChI=1S/C14H20N2O2/c1-18-15-14(17)16(12-8-4-2-5-9-12)13-10-6-3-7-11-13/h2,4-5,8-9,13H,3,6-7,10-11H2,1H3,(H,15,17). The second-order valence-corrected chi connectivity index (χ2v) is 4.61. The number of rotatable bonds is 3. The van der Waals surface area contributed by atoms with Crippen molar-refractivity contribution in [2.24, 2.45) is 0 Å². The van der Waals surface area contributed by atoms with Gasteiger partial charge in [-0.2, -0.15) is 0 Å². The fourth-order valence-corrected chi connectivity index (χ4v) is 2.56. The maximum atomic E-state index is 12.1. The van der Waals surface area contributed by atoms with E-state index in [4.69, 9.17) is 4.84 Å². The van der Waals surface area contributed by atoms with Crippen molar-refractivity contribution in [3.8, 4) is 0 Å². The van der Waals surface area contributed by atoms with E-state index in [1.807, 2.05) is 35.2 Å². The lowest BCUT2D eigenvalue weighted by Gasteiger charge is -2.34. The summed E-state index contributed by atoms with van der Waals surface area (Å²) in [5.74, 6) is 0. The van der Waals surface area contributed by atoms with Crippen molar-refractivity contribution in [3.05, 3.63) is 30.3 Å². The molecule has 4 heteroatoms. The lowest BCUT2D eigenvalue weighted by Crippen LogP contribution is -2.47. The van der Waals surface area contributed by atoms with E-state index < -0.39 is 0 Å². The molecule has 1 N–H and O–H groups in total. The van der Waals surface area contributed by atoms with Crippen LogP contribution in [0.4, 0.5) is 10.5 Å². The number of hydrogen-bond donors (Lipinski definition) is 1. The highest BCUT2D eigenvalue weighted by Crippen LogP contribution is 2.27. The maximum Gasteiger partial charge on any atom is 0.346 e. The minimum atomic E-state index is -0.185. The Morgan fingerprint density at radius 2 is 1.89 bits per heavy atom. The summed E-state index contributed by atoms with van der Waals surface area (Å²) < 4.78 is 0. The molecule has 0 aromatic heterocycles. The molecule has 98 valence electrons. The number of carbonyl (C=O) groups is 1. The Bertz CT molecular complexity index is 375. The van der Waals surface area contributed by atoms with E-state index in [9.17, 15) is 4.79 Å². The van der Waals surface area contributed by atoms with Gasteiger partial charge in [-0.05, 0) is 25.0 Å². The van der Waals surface area contributed by atoms with Gasteiger partial charge in [0.25, 0.3) is 0 Å². The lowest BCUT2D eigenvalue weighted by atomic mass is 9.94. The van der Waals surface area contributed by atoms with Crippen molar-refractivity contribution in [1.29, 1.82) is 0 Å². The Morgan fingerprint density at radius 3 is 2.50 bits per heavy atom. The summed E-state index contributed by atoms with van der Waals surface area (Å²) in [5, 5.41) is 0. The smallest absolute Gasteiger partial charge is 0.290 e. The summed E-state index contributed by atoms with van der Waals surface area (Å²) in [6, 6.07) is 9.87. The summed E-state index contributed by atoms with van der Waals surface area (Å²) in [5.41, 5.74) is 3.36. The molecule has 1 aromatic rings. The molecular formula is C14H20N2O2. The number of urea groups is 1. The van der Waals surface area contributed by atoms with E-state index in [1.54, 1.807) is 0 Å². The van der Waals surface area contributed by atoms with Crippen LogP contribution >= 0.6 is 0 Å². The molecule has 1 saturated carbocycles. The zero-order valence-corrected chi connectivity index (χ0v) is 10.8. The summed E-state index contributed by atoms with van der Waals surface area (Å²) in [6.45, 7) is 0. The molecular weight excluding hydrogens is 228 g/mol. The van der Waals surface area contributed by atoms with Gasteiger partial charge in [-0.1, -0.05) is 37.5 Å². The summed E-state index contributed by atoms with van der Waals surface area (Å²) in [6.07, 6.45) is 5.77. The molecule has 0 saturated heterocycles. The first-order valence-corrected chi connectivity index (χ1v) is 6.50. The van der Waals surface area contributed by atoms with Crippen LogP contribution in [0, 0.1) is 0 Å².